The van der Waals surface area contributed by atoms with Crippen LogP contribution < -0.4 is 0 Å². The predicted octanol–water partition coefficient (Wildman–Crippen LogP) is 1.94. The number of sulfonamides is 2. The first-order valence-electron chi connectivity index (χ1n) is 7.94. The zero-order valence-electron chi connectivity index (χ0n) is 14.1. The lowest BCUT2D eigenvalue weighted by molar-refractivity contribution is 0.271. The second-order valence-electron chi connectivity index (χ2n) is 5.96. The van der Waals surface area contributed by atoms with Crippen LogP contribution in [0.25, 0.3) is 0 Å². The van der Waals surface area contributed by atoms with Crippen molar-refractivity contribution in [1.29, 1.82) is 0 Å². The fraction of sp³-hybridized carbons (Fsp3) is 0.250. The Morgan fingerprint density at radius 3 is 1.25 bits per heavy atom. The van der Waals surface area contributed by atoms with E-state index < -0.39 is 53.1 Å². The first-order chi connectivity index (χ1) is 13.0. The number of hydrogen-bond donors (Lipinski definition) is 0. The summed E-state index contributed by atoms with van der Waals surface area (Å²) in [7, 11) is -8.80. The van der Waals surface area contributed by atoms with E-state index in [0.717, 1.165) is 20.7 Å². The van der Waals surface area contributed by atoms with E-state index in [1.165, 1.54) is 0 Å². The van der Waals surface area contributed by atoms with E-state index in [-0.39, 0.29) is 26.2 Å². The maximum absolute atomic E-state index is 13.8. The topological polar surface area (TPSA) is 74.8 Å². The average molecular weight is 438 g/mol. The molecule has 2 aromatic carbocycles. The van der Waals surface area contributed by atoms with Crippen molar-refractivity contribution in [3.63, 3.8) is 0 Å². The van der Waals surface area contributed by atoms with Gasteiger partial charge in [0.1, 0.15) is 33.1 Å². The number of hydrogen-bond acceptors (Lipinski definition) is 4. The summed E-state index contributed by atoms with van der Waals surface area (Å²) < 4.78 is 106. The van der Waals surface area contributed by atoms with Crippen LogP contribution in [0.15, 0.2) is 46.2 Å². The highest BCUT2D eigenvalue weighted by atomic mass is 32.2. The standard InChI is InChI=1S/C16H14F4N2O4S2/c17-11-1-3-13(19)15(9-11)27(23,24)21-5-7-22(8-6-21)28(25,26)16-10-12(18)2-4-14(16)20/h1-4,9-10H,5-8H2. The van der Waals surface area contributed by atoms with Crippen molar-refractivity contribution >= 4 is 20.0 Å². The molecule has 0 spiro atoms. The number of nitrogens with zero attached hydrogens (tertiary/aromatic N) is 2. The minimum Gasteiger partial charge on any atom is -0.207 e. The summed E-state index contributed by atoms with van der Waals surface area (Å²) >= 11 is 0. The van der Waals surface area contributed by atoms with E-state index in [1.54, 1.807) is 0 Å². The van der Waals surface area contributed by atoms with Gasteiger partial charge in [-0.2, -0.15) is 8.61 Å². The summed E-state index contributed by atoms with van der Waals surface area (Å²) in [5, 5.41) is 0. The van der Waals surface area contributed by atoms with Gasteiger partial charge in [0.25, 0.3) is 0 Å². The molecule has 12 heteroatoms. The Hall–Kier alpha value is -2.02. The van der Waals surface area contributed by atoms with Gasteiger partial charge >= 0.3 is 0 Å². The molecule has 0 radical (unpaired) electrons. The largest absolute Gasteiger partial charge is 0.246 e. The maximum Gasteiger partial charge on any atom is 0.246 e. The summed E-state index contributed by atoms with van der Waals surface area (Å²) in [6, 6.07) is 3.97. The van der Waals surface area contributed by atoms with Crippen LogP contribution in [0.2, 0.25) is 0 Å². The van der Waals surface area contributed by atoms with Gasteiger partial charge < -0.3 is 0 Å². The van der Waals surface area contributed by atoms with E-state index in [9.17, 15) is 34.4 Å². The van der Waals surface area contributed by atoms with Crippen LogP contribution in [0.3, 0.4) is 0 Å². The van der Waals surface area contributed by atoms with Crippen LogP contribution in [0.1, 0.15) is 0 Å². The van der Waals surface area contributed by atoms with Crippen molar-refractivity contribution in [3.05, 3.63) is 59.7 Å². The van der Waals surface area contributed by atoms with Crippen molar-refractivity contribution in [2.75, 3.05) is 26.2 Å². The third-order valence-electron chi connectivity index (χ3n) is 4.22. The molecule has 1 saturated heterocycles. The first-order valence-corrected chi connectivity index (χ1v) is 10.8. The highest BCUT2D eigenvalue weighted by molar-refractivity contribution is 7.89. The van der Waals surface area contributed by atoms with Crippen LogP contribution in [0.5, 0.6) is 0 Å². The van der Waals surface area contributed by atoms with Crippen molar-refractivity contribution in [2.45, 2.75) is 9.79 Å². The number of halogens is 4. The van der Waals surface area contributed by atoms with Gasteiger partial charge in [-0.25, -0.2) is 34.4 Å². The second kappa shape index (κ2) is 7.43. The Bertz CT molecular complexity index is 1030. The van der Waals surface area contributed by atoms with Crippen LogP contribution >= 0.6 is 0 Å². The molecular weight excluding hydrogens is 424 g/mol. The Labute approximate surface area is 159 Å². The molecule has 1 heterocycles. The molecule has 1 fully saturated rings. The Balaban J connectivity index is 1.82. The second-order valence-corrected chi connectivity index (χ2v) is 9.77. The fourth-order valence-corrected chi connectivity index (χ4v) is 5.77. The van der Waals surface area contributed by atoms with Gasteiger partial charge in [-0.15, -0.1) is 0 Å². The number of benzene rings is 2. The molecule has 3 rings (SSSR count). The van der Waals surface area contributed by atoms with Crippen molar-refractivity contribution in [1.82, 2.24) is 8.61 Å². The van der Waals surface area contributed by atoms with Crippen molar-refractivity contribution in [2.24, 2.45) is 0 Å². The third kappa shape index (κ3) is 3.77. The molecule has 0 amide bonds. The summed E-state index contributed by atoms with van der Waals surface area (Å²) in [6.45, 7) is -1.47. The maximum atomic E-state index is 13.8. The highest BCUT2D eigenvalue weighted by Gasteiger charge is 2.36. The molecule has 0 aliphatic carbocycles. The Morgan fingerprint density at radius 1 is 0.607 bits per heavy atom. The minimum absolute atomic E-state index is 0.367. The molecule has 0 unspecified atom stereocenters. The molecule has 0 aromatic heterocycles. The van der Waals surface area contributed by atoms with Gasteiger partial charge in [0.15, 0.2) is 0 Å². The molecule has 2 aromatic rings. The molecule has 6 nitrogen and oxygen atoms in total. The molecule has 152 valence electrons. The summed E-state index contributed by atoms with van der Waals surface area (Å²) in [6.07, 6.45) is 0. The smallest absolute Gasteiger partial charge is 0.207 e. The normalized spacial score (nSPS) is 17.0. The molecular formula is C16H14F4N2O4S2. The monoisotopic (exact) mass is 438 g/mol. The predicted molar refractivity (Wildman–Crippen MR) is 90.2 cm³/mol. The van der Waals surface area contributed by atoms with E-state index in [1.807, 2.05) is 0 Å². The molecule has 0 N–H and O–H groups in total. The highest BCUT2D eigenvalue weighted by Crippen LogP contribution is 2.25. The zero-order valence-corrected chi connectivity index (χ0v) is 15.8. The lowest BCUT2D eigenvalue weighted by Crippen LogP contribution is -2.50. The lowest BCUT2D eigenvalue weighted by atomic mass is 10.3. The van der Waals surface area contributed by atoms with E-state index in [4.69, 9.17) is 0 Å². The number of piperazine rings is 1. The van der Waals surface area contributed by atoms with Gasteiger partial charge in [0.2, 0.25) is 20.0 Å². The summed E-state index contributed by atoms with van der Waals surface area (Å²) in [5.74, 6) is -4.16. The molecule has 0 atom stereocenters. The first kappa shape index (κ1) is 20.7. The summed E-state index contributed by atoms with van der Waals surface area (Å²) in [5.41, 5.74) is 0. The van der Waals surface area contributed by atoms with E-state index >= 15 is 0 Å². The Morgan fingerprint density at radius 2 is 0.929 bits per heavy atom. The van der Waals surface area contributed by atoms with Gasteiger partial charge in [-0.1, -0.05) is 0 Å². The average Bonchev–Trinajstić information content (AvgIpc) is 2.65. The molecule has 1 aliphatic rings. The van der Waals surface area contributed by atoms with Crippen LogP contribution in [0.4, 0.5) is 17.6 Å². The molecule has 28 heavy (non-hydrogen) atoms. The van der Waals surface area contributed by atoms with E-state index in [2.05, 4.69) is 0 Å². The lowest BCUT2D eigenvalue weighted by Gasteiger charge is -2.33. The third-order valence-corrected chi connectivity index (χ3v) is 8.05. The molecule has 0 bridgehead atoms. The zero-order chi connectivity index (χ0) is 20.7. The minimum atomic E-state index is -4.40. The number of rotatable bonds is 4. The fourth-order valence-electron chi connectivity index (χ4n) is 2.78. The Kier molecular flexibility index (Phi) is 5.49. The van der Waals surface area contributed by atoms with Crippen LogP contribution in [-0.4, -0.2) is 51.6 Å². The van der Waals surface area contributed by atoms with Gasteiger partial charge in [0, 0.05) is 26.2 Å². The molecule has 0 saturated carbocycles. The van der Waals surface area contributed by atoms with Gasteiger partial charge in [-0.05, 0) is 36.4 Å². The van der Waals surface area contributed by atoms with Crippen LogP contribution in [0, 0.1) is 23.3 Å². The van der Waals surface area contributed by atoms with E-state index in [0.29, 0.717) is 24.3 Å². The quantitative estimate of drug-likeness (QED) is 0.684. The summed E-state index contributed by atoms with van der Waals surface area (Å²) in [4.78, 5) is -1.72. The van der Waals surface area contributed by atoms with Gasteiger partial charge in [-0.3, -0.25) is 0 Å². The van der Waals surface area contributed by atoms with Crippen LogP contribution in [-0.2, 0) is 20.0 Å². The molecule has 1 aliphatic heterocycles. The van der Waals surface area contributed by atoms with Crippen molar-refractivity contribution in [3.8, 4) is 0 Å². The van der Waals surface area contributed by atoms with Crippen molar-refractivity contribution < 1.29 is 34.4 Å². The SMILES string of the molecule is O=S(=O)(c1cc(F)ccc1F)N1CCN(S(=O)(=O)c2cc(F)ccc2F)CC1. The van der Waals surface area contributed by atoms with Gasteiger partial charge in [0.05, 0.1) is 0 Å².